The molecule has 1 N–H and O–H groups in total. The highest BCUT2D eigenvalue weighted by atomic mass is 32.2. The number of hydrogen-bond acceptors (Lipinski definition) is 7. The molecule has 0 aliphatic carbocycles. The van der Waals surface area contributed by atoms with Crippen LogP contribution in [0.25, 0.3) is 0 Å². The average Bonchev–Trinajstić information content (AvgIpc) is 2.91. The quantitative estimate of drug-likeness (QED) is 0.318. The summed E-state index contributed by atoms with van der Waals surface area (Å²) < 4.78 is 84.6. The van der Waals surface area contributed by atoms with Gasteiger partial charge in [0.05, 0.1) is 26.4 Å². The van der Waals surface area contributed by atoms with Crippen molar-refractivity contribution in [2.24, 2.45) is 0 Å². The number of amides is 2. The Labute approximate surface area is 224 Å². The molecule has 3 aromatic carbocycles. The zero-order chi connectivity index (χ0) is 28.6. The molecule has 3 aromatic rings. The highest BCUT2D eigenvalue weighted by molar-refractivity contribution is 7.87. The number of methoxy groups -OCH3 is 3. The van der Waals surface area contributed by atoms with Crippen molar-refractivity contribution in [2.45, 2.75) is 17.6 Å². The molecular weight excluding hydrogens is 541 g/mol. The Kier molecular flexibility index (Phi) is 9.65. The van der Waals surface area contributed by atoms with Gasteiger partial charge in [-0.3, -0.25) is 0 Å². The molecule has 0 heterocycles. The molecule has 2 amide bonds. The maximum atomic E-state index is 13.0. The third-order valence-corrected chi connectivity index (χ3v) is 6.65. The predicted octanol–water partition coefficient (Wildman–Crippen LogP) is 5.17. The maximum Gasteiger partial charge on any atom is 0.416 e. The summed E-state index contributed by atoms with van der Waals surface area (Å²) in [5.74, 6) is 0.875. The summed E-state index contributed by atoms with van der Waals surface area (Å²) in [6, 6.07) is 13.5. The van der Waals surface area contributed by atoms with Gasteiger partial charge in [0.15, 0.2) is 0 Å². The summed E-state index contributed by atoms with van der Waals surface area (Å²) in [6.07, 6.45) is -4.70. The number of carbonyl (C=O) groups is 1. The Hall–Kier alpha value is -3.97. The van der Waals surface area contributed by atoms with E-state index in [4.69, 9.17) is 18.4 Å². The van der Waals surface area contributed by atoms with Crippen LogP contribution in [0.4, 0.5) is 23.7 Å². The second-order valence-electron chi connectivity index (χ2n) is 8.15. The van der Waals surface area contributed by atoms with Gasteiger partial charge < -0.3 is 28.6 Å². The number of nitrogens with zero attached hydrogens (tertiary/aromatic N) is 1. The molecule has 0 bridgehead atoms. The normalized spacial score (nSPS) is 11.5. The van der Waals surface area contributed by atoms with Gasteiger partial charge in [0, 0.05) is 44.1 Å². The molecule has 0 unspecified atom stereocenters. The minimum Gasteiger partial charge on any atom is -0.497 e. The van der Waals surface area contributed by atoms with Gasteiger partial charge in [-0.2, -0.15) is 21.6 Å². The number of rotatable bonds is 11. The lowest BCUT2D eigenvalue weighted by molar-refractivity contribution is -0.137. The lowest BCUT2D eigenvalue weighted by Crippen LogP contribution is -2.36. The number of halogens is 3. The zero-order valence-electron chi connectivity index (χ0n) is 21.3. The van der Waals surface area contributed by atoms with Crippen molar-refractivity contribution in [3.05, 3.63) is 77.9 Å². The molecule has 0 spiro atoms. The fraction of sp³-hybridized carbons (Fsp3) is 0.269. The van der Waals surface area contributed by atoms with E-state index in [0.29, 0.717) is 28.8 Å². The van der Waals surface area contributed by atoms with E-state index < -0.39 is 32.8 Å². The van der Waals surface area contributed by atoms with Crippen molar-refractivity contribution in [1.29, 1.82) is 0 Å². The second-order valence-corrected chi connectivity index (χ2v) is 9.70. The van der Waals surface area contributed by atoms with Crippen molar-refractivity contribution >= 4 is 21.8 Å². The molecule has 3 rings (SSSR count). The lowest BCUT2D eigenvalue weighted by atomic mass is 10.2. The number of alkyl halides is 3. The molecule has 0 saturated carbocycles. The van der Waals surface area contributed by atoms with Crippen LogP contribution in [0.2, 0.25) is 0 Å². The van der Waals surface area contributed by atoms with Crippen molar-refractivity contribution in [3.63, 3.8) is 0 Å². The molecule has 0 radical (unpaired) electrons. The topological polar surface area (TPSA) is 103 Å². The fourth-order valence-electron chi connectivity index (χ4n) is 3.41. The monoisotopic (exact) mass is 568 g/mol. The third kappa shape index (κ3) is 8.26. The molecule has 0 fully saturated rings. The minimum atomic E-state index is -4.70. The number of anilines is 1. The van der Waals surface area contributed by atoms with E-state index in [1.807, 2.05) is 0 Å². The van der Waals surface area contributed by atoms with Gasteiger partial charge in [0.2, 0.25) is 0 Å². The van der Waals surface area contributed by atoms with Crippen molar-refractivity contribution in [3.8, 4) is 17.2 Å². The summed E-state index contributed by atoms with van der Waals surface area (Å²) in [6.45, 7) is 0.633. The Morgan fingerprint density at radius 1 is 0.897 bits per heavy atom. The van der Waals surface area contributed by atoms with E-state index in [1.165, 1.54) is 38.4 Å². The van der Waals surface area contributed by atoms with E-state index in [1.54, 1.807) is 30.3 Å². The molecule has 210 valence electrons. The Balaban J connectivity index is 1.73. The Bertz CT molecular complexity index is 1360. The average molecular weight is 569 g/mol. The number of ether oxygens (including phenoxy) is 3. The molecule has 0 atom stereocenters. The van der Waals surface area contributed by atoms with E-state index in [2.05, 4.69) is 5.32 Å². The summed E-state index contributed by atoms with van der Waals surface area (Å²) in [5, 5.41) is 2.78. The van der Waals surface area contributed by atoms with Crippen molar-refractivity contribution < 1.29 is 44.8 Å². The molecular formula is C26H27F3N2O7S. The highest BCUT2D eigenvalue weighted by Crippen LogP contribution is 2.31. The van der Waals surface area contributed by atoms with E-state index in [0.717, 1.165) is 18.2 Å². The van der Waals surface area contributed by atoms with Gasteiger partial charge in [0.1, 0.15) is 22.1 Å². The number of nitrogens with one attached hydrogen (secondary N) is 1. The van der Waals surface area contributed by atoms with Crippen LogP contribution < -0.4 is 19.0 Å². The fourth-order valence-corrected chi connectivity index (χ4v) is 4.39. The first kappa shape index (κ1) is 29.6. The molecule has 0 aromatic heterocycles. The highest BCUT2D eigenvalue weighted by Gasteiger charge is 2.32. The Morgan fingerprint density at radius 3 is 2.10 bits per heavy atom. The van der Waals surface area contributed by atoms with E-state index >= 15 is 0 Å². The van der Waals surface area contributed by atoms with Crippen LogP contribution in [-0.2, 0) is 27.6 Å². The van der Waals surface area contributed by atoms with Crippen LogP contribution in [0, 0.1) is 0 Å². The lowest BCUT2D eigenvalue weighted by Gasteiger charge is -2.23. The van der Waals surface area contributed by atoms with Gasteiger partial charge >= 0.3 is 22.3 Å². The summed E-state index contributed by atoms with van der Waals surface area (Å²) >= 11 is 0. The first-order valence-corrected chi connectivity index (χ1v) is 12.8. The van der Waals surface area contributed by atoms with E-state index in [9.17, 15) is 26.4 Å². The van der Waals surface area contributed by atoms with Gasteiger partial charge in [0.25, 0.3) is 0 Å². The zero-order valence-corrected chi connectivity index (χ0v) is 22.1. The smallest absolute Gasteiger partial charge is 0.416 e. The molecule has 0 aliphatic rings. The second kappa shape index (κ2) is 12.7. The summed E-state index contributed by atoms with van der Waals surface area (Å²) in [7, 11) is -0.0360. The molecule has 9 nitrogen and oxygen atoms in total. The number of benzene rings is 3. The number of urea groups is 1. The largest absolute Gasteiger partial charge is 0.497 e. The van der Waals surface area contributed by atoms with Crippen LogP contribution in [0.15, 0.2) is 71.6 Å². The summed E-state index contributed by atoms with van der Waals surface area (Å²) in [4.78, 5) is 13.9. The number of carbonyl (C=O) groups excluding carboxylic acids is 1. The molecule has 0 aliphatic heterocycles. The first-order valence-electron chi connectivity index (χ1n) is 11.4. The molecule has 39 heavy (non-hydrogen) atoms. The van der Waals surface area contributed by atoms with Crippen LogP contribution in [0.3, 0.4) is 0 Å². The van der Waals surface area contributed by atoms with Crippen molar-refractivity contribution in [2.75, 3.05) is 39.8 Å². The van der Waals surface area contributed by atoms with Gasteiger partial charge in [-0.05, 0) is 35.9 Å². The standard InChI is InChI=1S/C26H27F3N2O7S/c1-35-12-11-31(25(32)30-20-14-22(36-2)16-23(15-20)37-3)17-18-7-9-21(10-8-18)38-39(33,34)24-6-4-5-19(13-24)26(27,28)29/h4-10,13-16H,11-12,17H2,1-3H3,(H,30,32). The Morgan fingerprint density at radius 2 is 1.54 bits per heavy atom. The van der Waals surface area contributed by atoms with Crippen molar-refractivity contribution in [1.82, 2.24) is 4.90 Å². The van der Waals surface area contributed by atoms with Gasteiger partial charge in [-0.15, -0.1) is 0 Å². The van der Waals surface area contributed by atoms with Crippen LogP contribution in [0.1, 0.15) is 11.1 Å². The SMILES string of the molecule is COCCN(Cc1ccc(OS(=O)(=O)c2cccc(C(F)(F)F)c2)cc1)C(=O)Nc1cc(OC)cc(OC)c1. The number of hydrogen-bond donors (Lipinski definition) is 1. The third-order valence-electron chi connectivity index (χ3n) is 5.41. The van der Waals surface area contributed by atoms with Crippen LogP contribution >= 0.6 is 0 Å². The van der Waals surface area contributed by atoms with Crippen LogP contribution in [-0.4, -0.2) is 53.8 Å². The van der Waals surface area contributed by atoms with Gasteiger partial charge in [-0.25, -0.2) is 4.79 Å². The predicted molar refractivity (Wildman–Crippen MR) is 137 cm³/mol. The first-order chi connectivity index (χ1) is 18.4. The van der Waals surface area contributed by atoms with Gasteiger partial charge in [-0.1, -0.05) is 18.2 Å². The molecule has 0 saturated heterocycles. The molecule has 13 heteroatoms. The van der Waals surface area contributed by atoms with E-state index in [-0.39, 0.29) is 25.4 Å². The minimum absolute atomic E-state index is 0.104. The maximum absolute atomic E-state index is 13.0. The van der Waals surface area contributed by atoms with Crippen LogP contribution in [0.5, 0.6) is 17.2 Å². The summed E-state index contributed by atoms with van der Waals surface area (Å²) in [5.41, 5.74) is -0.0280.